The largest absolute Gasteiger partial charge is 0.494 e. The number of hydrogen-bond donors (Lipinski definition) is 0. The molecule has 0 saturated carbocycles. The molecule has 4 aromatic rings. The third-order valence-corrected chi connectivity index (χ3v) is 4.92. The zero-order valence-electron chi connectivity index (χ0n) is 14.7. The summed E-state index contributed by atoms with van der Waals surface area (Å²) in [6.45, 7) is 2.56. The number of nitrogens with zero attached hydrogens (tertiary/aromatic N) is 3. The lowest BCUT2D eigenvalue weighted by atomic mass is 10.2. The van der Waals surface area contributed by atoms with Crippen LogP contribution in [-0.2, 0) is 0 Å². The van der Waals surface area contributed by atoms with Gasteiger partial charge in [0.25, 0.3) is 5.56 Å². The Labute approximate surface area is 159 Å². The average molecular weight is 375 g/mol. The highest BCUT2D eigenvalue weighted by Crippen LogP contribution is 2.20. The Kier molecular flexibility index (Phi) is 4.80. The Morgan fingerprint density at radius 2 is 1.89 bits per heavy atom. The van der Waals surface area contributed by atoms with Gasteiger partial charge in [-0.2, -0.15) is 9.50 Å². The molecular weight excluding hydrogens is 358 g/mol. The van der Waals surface area contributed by atoms with Crippen molar-refractivity contribution in [2.75, 3.05) is 6.61 Å². The van der Waals surface area contributed by atoms with Crippen molar-refractivity contribution in [3.8, 4) is 17.1 Å². The molecule has 0 amide bonds. The van der Waals surface area contributed by atoms with Gasteiger partial charge >= 0.3 is 0 Å². The highest BCUT2D eigenvalue weighted by atomic mass is 32.1. The van der Waals surface area contributed by atoms with Crippen molar-refractivity contribution in [2.45, 2.75) is 6.92 Å². The number of hydrogen-bond acceptors (Lipinski definition) is 5. The molecule has 0 aliphatic heterocycles. The van der Waals surface area contributed by atoms with Crippen molar-refractivity contribution in [1.29, 1.82) is 0 Å². The molecule has 2 aromatic carbocycles. The van der Waals surface area contributed by atoms with Crippen LogP contribution in [0.5, 0.6) is 5.75 Å². The van der Waals surface area contributed by atoms with Crippen molar-refractivity contribution in [3.05, 3.63) is 81.1 Å². The minimum atomic E-state index is -0.155. The Morgan fingerprint density at radius 3 is 2.59 bits per heavy atom. The second kappa shape index (κ2) is 7.55. The number of benzene rings is 2. The summed E-state index contributed by atoms with van der Waals surface area (Å²) >= 11 is 1.33. The molecule has 27 heavy (non-hydrogen) atoms. The molecule has 2 heterocycles. The van der Waals surface area contributed by atoms with E-state index in [-0.39, 0.29) is 5.56 Å². The molecule has 0 fully saturated rings. The summed E-state index contributed by atoms with van der Waals surface area (Å²) in [6.07, 6.45) is 5.63. The summed E-state index contributed by atoms with van der Waals surface area (Å²) in [6, 6.07) is 17.5. The molecule has 5 nitrogen and oxygen atoms in total. The Morgan fingerprint density at radius 1 is 1.11 bits per heavy atom. The summed E-state index contributed by atoms with van der Waals surface area (Å²) in [7, 11) is 0. The molecule has 0 radical (unpaired) electrons. The summed E-state index contributed by atoms with van der Waals surface area (Å²) in [4.78, 5) is 17.6. The molecule has 0 unspecified atom stereocenters. The fourth-order valence-electron chi connectivity index (χ4n) is 2.65. The van der Waals surface area contributed by atoms with E-state index in [0.29, 0.717) is 21.9 Å². The normalized spacial score (nSPS) is 12.3. The van der Waals surface area contributed by atoms with Gasteiger partial charge in [0.2, 0.25) is 4.96 Å². The van der Waals surface area contributed by atoms with Crippen LogP contribution in [0.4, 0.5) is 0 Å². The molecule has 4 rings (SSSR count). The first-order valence-corrected chi connectivity index (χ1v) is 9.42. The van der Waals surface area contributed by atoms with Gasteiger partial charge in [-0.25, -0.2) is 0 Å². The minimum absolute atomic E-state index is 0.155. The lowest BCUT2D eigenvalue weighted by molar-refractivity contribution is 0.340. The maximum Gasteiger partial charge on any atom is 0.291 e. The highest BCUT2D eigenvalue weighted by Gasteiger charge is 2.11. The van der Waals surface area contributed by atoms with E-state index in [0.717, 1.165) is 16.9 Å². The fourth-order valence-corrected chi connectivity index (χ4v) is 3.51. The molecule has 0 spiro atoms. The number of fused-ring (bicyclic) bond motifs is 1. The van der Waals surface area contributed by atoms with E-state index >= 15 is 0 Å². The van der Waals surface area contributed by atoms with E-state index in [1.165, 1.54) is 15.9 Å². The molecular formula is C21H17N3O2S. The van der Waals surface area contributed by atoms with E-state index < -0.39 is 0 Å². The van der Waals surface area contributed by atoms with Crippen molar-refractivity contribution >= 4 is 28.4 Å². The summed E-state index contributed by atoms with van der Waals surface area (Å²) in [5.41, 5.74) is 1.78. The molecule has 0 bridgehead atoms. The zero-order chi connectivity index (χ0) is 18.6. The van der Waals surface area contributed by atoms with Gasteiger partial charge < -0.3 is 4.74 Å². The fraction of sp³-hybridized carbons (Fsp3) is 0.0952. The first-order valence-electron chi connectivity index (χ1n) is 8.61. The van der Waals surface area contributed by atoms with Gasteiger partial charge in [-0.3, -0.25) is 4.79 Å². The van der Waals surface area contributed by atoms with Crippen LogP contribution in [0, 0.1) is 0 Å². The van der Waals surface area contributed by atoms with E-state index in [4.69, 9.17) is 4.74 Å². The van der Waals surface area contributed by atoms with Crippen LogP contribution in [0.15, 0.2) is 65.5 Å². The van der Waals surface area contributed by atoms with Gasteiger partial charge in [0.1, 0.15) is 5.75 Å². The summed E-state index contributed by atoms with van der Waals surface area (Å²) in [5.74, 6) is 1.33. The Hall–Kier alpha value is -3.25. The molecule has 0 aliphatic carbocycles. The topological polar surface area (TPSA) is 56.5 Å². The number of aromatic nitrogens is 3. The summed E-state index contributed by atoms with van der Waals surface area (Å²) < 4.78 is 7.41. The van der Waals surface area contributed by atoms with Gasteiger partial charge in [-0.15, -0.1) is 5.10 Å². The monoisotopic (exact) mass is 375 g/mol. The highest BCUT2D eigenvalue weighted by molar-refractivity contribution is 7.15. The van der Waals surface area contributed by atoms with E-state index in [1.807, 2.05) is 73.7 Å². The van der Waals surface area contributed by atoms with Crippen LogP contribution in [0.2, 0.25) is 0 Å². The van der Waals surface area contributed by atoms with Crippen LogP contribution in [0.25, 0.3) is 28.5 Å². The quantitative estimate of drug-likeness (QED) is 0.536. The van der Waals surface area contributed by atoms with Crippen LogP contribution in [0.1, 0.15) is 12.5 Å². The molecule has 0 atom stereocenters. The number of thiazole rings is 1. The van der Waals surface area contributed by atoms with Gasteiger partial charge in [0.15, 0.2) is 5.82 Å². The SMILES string of the molecule is CCOc1ccc(-c2nc3s/c(=C\C=C\c4ccccc4)c(=O)n3n2)cc1. The lowest BCUT2D eigenvalue weighted by Gasteiger charge is -2.02. The van der Waals surface area contributed by atoms with E-state index in [1.54, 1.807) is 6.08 Å². The maximum absolute atomic E-state index is 12.5. The Bertz CT molecular complexity index is 1190. The number of ether oxygens (including phenoxy) is 1. The van der Waals surface area contributed by atoms with Gasteiger partial charge in [-0.05, 0) is 42.8 Å². The van der Waals surface area contributed by atoms with E-state index in [9.17, 15) is 4.79 Å². The third kappa shape index (κ3) is 3.66. The predicted octanol–water partition coefficient (Wildman–Crippen LogP) is 3.43. The van der Waals surface area contributed by atoms with Crippen molar-refractivity contribution in [1.82, 2.24) is 14.6 Å². The first kappa shape index (κ1) is 17.2. The van der Waals surface area contributed by atoms with Gasteiger partial charge in [0, 0.05) is 5.56 Å². The number of rotatable bonds is 5. The van der Waals surface area contributed by atoms with Crippen LogP contribution < -0.4 is 14.8 Å². The van der Waals surface area contributed by atoms with Crippen LogP contribution in [-0.4, -0.2) is 21.2 Å². The zero-order valence-corrected chi connectivity index (χ0v) is 15.5. The molecule has 134 valence electrons. The second-order valence-corrected chi connectivity index (χ2v) is 6.80. The van der Waals surface area contributed by atoms with Gasteiger partial charge in [0.05, 0.1) is 11.1 Å². The first-order chi connectivity index (χ1) is 13.2. The third-order valence-electron chi connectivity index (χ3n) is 3.94. The minimum Gasteiger partial charge on any atom is -0.494 e. The average Bonchev–Trinajstić information content (AvgIpc) is 3.23. The lowest BCUT2D eigenvalue weighted by Crippen LogP contribution is -2.23. The maximum atomic E-state index is 12.5. The smallest absolute Gasteiger partial charge is 0.291 e. The number of allylic oxidation sites excluding steroid dienone is 1. The van der Waals surface area contributed by atoms with Crippen molar-refractivity contribution in [3.63, 3.8) is 0 Å². The Balaban J connectivity index is 1.62. The van der Waals surface area contributed by atoms with E-state index in [2.05, 4.69) is 10.1 Å². The molecule has 0 saturated heterocycles. The van der Waals surface area contributed by atoms with Crippen LogP contribution >= 0.6 is 11.3 Å². The molecule has 2 aromatic heterocycles. The van der Waals surface area contributed by atoms with Crippen molar-refractivity contribution in [2.24, 2.45) is 0 Å². The van der Waals surface area contributed by atoms with Gasteiger partial charge in [-0.1, -0.05) is 53.8 Å². The summed E-state index contributed by atoms with van der Waals surface area (Å²) in [5, 5.41) is 4.36. The second-order valence-electron chi connectivity index (χ2n) is 5.80. The molecule has 6 heteroatoms. The molecule has 0 aliphatic rings. The van der Waals surface area contributed by atoms with Crippen molar-refractivity contribution < 1.29 is 4.74 Å². The standard InChI is InChI=1S/C21H17N3O2S/c1-2-26-17-13-11-16(12-14-17)19-22-21-24(23-19)20(25)18(27-21)10-6-9-15-7-4-3-5-8-15/h3-14H,2H2,1H3/b9-6+,18-10-. The predicted molar refractivity (Wildman–Crippen MR) is 109 cm³/mol. The molecule has 0 N–H and O–H groups in total. The van der Waals surface area contributed by atoms with Crippen LogP contribution in [0.3, 0.4) is 0 Å².